The minimum absolute atomic E-state index is 0.0144. The first-order chi connectivity index (χ1) is 12.4. The molecule has 1 heterocycles. The zero-order chi connectivity index (χ0) is 19.0. The molecule has 1 N–H and O–H groups in total. The number of ether oxygens (including phenoxy) is 1. The highest BCUT2D eigenvalue weighted by Crippen LogP contribution is 2.29. The Morgan fingerprint density at radius 1 is 1.23 bits per heavy atom. The van der Waals surface area contributed by atoms with Crippen LogP contribution in [0.1, 0.15) is 34.8 Å². The van der Waals surface area contributed by atoms with Crippen LogP contribution < -0.4 is 5.32 Å². The van der Waals surface area contributed by atoms with Gasteiger partial charge in [-0.25, -0.2) is 4.99 Å². The molecule has 2 rings (SSSR count). The highest BCUT2D eigenvalue weighted by Gasteiger charge is 2.30. The highest BCUT2D eigenvalue weighted by molar-refractivity contribution is 6.04. The van der Waals surface area contributed by atoms with E-state index in [1.165, 1.54) is 0 Å². The topological polar surface area (TPSA) is 63.6 Å². The largest absolute Gasteiger partial charge is 0.465 e. The van der Waals surface area contributed by atoms with Crippen molar-refractivity contribution in [3.63, 3.8) is 0 Å². The molecule has 0 aliphatic rings. The molecular formula is C18H18F3N3O2. The van der Waals surface area contributed by atoms with E-state index < -0.39 is 17.6 Å². The van der Waals surface area contributed by atoms with Gasteiger partial charge in [-0.15, -0.1) is 0 Å². The normalized spacial score (nSPS) is 11.9. The number of aromatic nitrogens is 1. The van der Waals surface area contributed by atoms with Crippen LogP contribution in [-0.4, -0.2) is 23.5 Å². The number of benzene rings is 1. The molecule has 0 fully saturated rings. The first-order valence-electron chi connectivity index (χ1n) is 7.95. The third-order valence-corrected chi connectivity index (χ3v) is 3.27. The van der Waals surface area contributed by atoms with E-state index in [-0.39, 0.29) is 18.1 Å². The lowest BCUT2D eigenvalue weighted by atomic mass is 10.1. The van der Waals surface area contributed by atoms with Crippen molar-refractivity contribution in [1.82, 2.24) is 10.3 Å². The summed E-state index contributed by atoms with van der Waals surface area (Å²) in [5.74, 6) is -0.597. The maximum Gasteiger partial charge on any atom is 0.416 e. The summed E-state index contributed by atoms with van der Waals surface area (Å²) in [4.78, 5) is 20.4. The van der Waals surface area contributed by atoms with Gasteiger partial charge in [0.25, 0.3) is 11.9 Å². The summed E-state index contributed by atoms with van der Waals surface area (Å²) in [5.41, 5.74) is 0.0859. The van der Waals surface area contributed by atoms with E-state index in [1.54, 1.807) is 18.5 Å². The molecule has 0 spiro atoms. The summed E-state index contributed by atoms with van der Waals surface area (Å²) in [6.07, 6.45) is -0.468. The molecule has 8 heteroatoms. The molecule has 1 aromatic heterocycles. The van der Waals surface area contributed by atoms with Gasteiger partial charge >= 0.3 is 6.18 Å². The molecule has 0 aliphatic heterocycles. The fourth-order valence-corrected chi connectivity index (χ4v) is 1.95. The summed E-state index contributed by atoms with van der Waals surface area (Å²) >= 11 is 0. The fraction of sp³-hybridized carbons (Fsp3) is 0.278. The van der Waals surface area contributed by atoms with Crippen LogP contribution in [0.3, 0.4) is 0 Å². The summed E-state index contributed by atoms with van der Waals surface area (Å²) in [7, 11) is 0. The summed E-state index contributed by atoms with van der Waals surface area (Å²) in [5, 5.41) is 2.48. The van der Waals surface area contributed by atoms with Gasteiger partial charge in [0.15, 0.2) is 0 Å². The zero-order valence-electron chi connectivity index (χ0n) is 14.1. The third-order valence-electron chi connectivity index (χ3n) is 3.27. The summed E-state index contributed by atoms with van der Waals surface area (Å²) in [6.45, 7) is 2.50. The second-order valence-corrected chi connectivity index (χ2v) is 5.36. The molecule has 0 saturated carbocycles. The lowest BCUT2D eigenvalue weighted by Gasteiger charge is -2.11. The number of alkyl halides is 3. The Balaban J connectivity index is 2.07. The minimum atomic E-state index is -4.45. The summed E-state index contributed by atoms with van der Waals surface area (Å²) < 4.78 is 43.2. The standard InChI is InChI=1S/C18H18F3N3O2/c1-2-10-26-17(23-12-13-4-3-9-22-11-13)24-16(25)14-5-7-15(8-6-14)18(19,20)21/h3-9,11H,2,10,12H2,1H3,(H,23,24,25). The van der Waals surface area contributed by atoms with Crippen LogP contribution in [0.5, 0.6) is 0 Å². The van der Waals surface area contributed by atoms with Crippen molar-refractivity contribution in [2.75, 3.05) is 6.61 Å². The highest BCUT2D eigenvalue weighted by atomic mass is 19.4. The average Bonchev–Trinajstić information content (AvgIpc) is 2.64. The van der Waals surface area contributed by atoms with Gasteiger partial charge in [-0.1, -0.05) is 13.0 Å². The number of hydrogen-bond donors (Lipinski definition) is 1. The number of carbonyl (C=O) groups is 1. The Morgan fingerprint density at radius 2 is 1.96 bits per heavy atom. The predicted molar refractivity (Wildman–Crippen MR) is 90.5 cm³/mol. The SMILES string of the molecule is CCCOC(=NCc1cccnc1)NC(=O)c1ccc(C(F)(F)F)cc1. The first kappa shape index (κ1) is 19.4. The van der Waals surface area contributed by atoms with E-state index in [0.717, 1.165) is 29.8 Å². The van der Waals surface area contributed by atoms with Crippen molar-refractivity contribution in [2.45, 2.75) is 26.1 Å². The van der Waals surface area contributed by atoms with Gasteiger partial charge in [-0.3, -0.25) is 15.1 Å². The van der Waals surface area contributed by atoms with E-state index in [0.29, 0.717) is 13.0 Å². The maximum absolute atomic E-state index is 12.6. The van der Waals surface area contributed by atoms with Crippen LogP contribution in [0, 0.1) is 0 Å². The van der Waals surface area contributed by atoms with Gasteiger partial charge < -0.3 is 4.74 Å². The number of carbonyl (C=O) groups excluding carboxylic acids is 1. The average molecular weight is 365 g/mol. The molecule has 1 aromatic carbocycles. The quantitative estimate of drug-likeness (QED) is 0.647. The second-order valence-electron chi connectivity index (χ2n) is 5.36. The third kappa shape index (κ3) is 5.87. The predicted octanol–water partition coefficient (Wildman–Crippen LogP) is 3.81. The Morgan fingerprint density at radius 3 is 2.54 bits per heavy atom. The minimum Gasteiger partial charge on any atom is -0.465 e. The van der Waals surface area contributed by atoms with Gasteiger partial charge in [0.05, 0.1) is 18.7 Å². The Hall–Kier alpha value is -2.90. The first-order valence-corrected chi connectivity index (χ1v) is 7.95. The van der Waals surface area contributed by atoms with Crippen molar-refractivity contribution in [3.05, 3.63) is 65.5 Å². The Kier molecular flexibility index (Phi) is 6.71. The van der Waals surface area contributed by atoms with Crippen LogP contribution in [0.2, 0.25) is 0 Å². The molecule has 0 aliphatic carbocycles. The number of rotatable bonds is 5. The molecule has 0 atom stereocenters. The Labute approximate surface area is 148 Å². The summed E-state index contributed by atoms with van der Waals surface area (Å²) in [6, 6.07) is 7.53. The van der Waals surface area contributed by atoms with Crippen LogP contribution in [0.4, 0.5) is 13.2 Å². The van der Waals surface area contributed by atoms with Gasteiger partial charge in [-0.2, -0.15) is 13.2 Å². The van der Waals surface area contributed by atoms with Crippen molar-refractivity contribution in [1.29, 1.82) is 0 Å². The number of pyridine rings is 1. The molecule has 26 heavy (non-hydrogen) atoms. The molecule has 2 aromatic rings. The number of nitrogens with one attached hydrogen (secondary N) is 1. The van der Waals surface area contributed by atoms with E-state index in [9.17, 15) is 18.0 Å². The molecule has 138 valence electrons. The van der Waals surface area contributed by atoms with E-state index in [2.05, 4.69) is 15.3 Å². The number of amidine groups is 1. The molecular weight excluding hydrogens is 347 g/mol. The van der Waals surface area contributed by atoms with E-state index in [4.69, 9.17) is 4.74 Å². The molecule has 0 bridgehead atoms. The van der Waals surface area contributed by atoms with Crippen LogP contribution >= 0.6 is 0 Å². The van der Waals surface area contributed by atoms with E-state index >= 15 is 0 Å². The van der Waals surface area contributed by atoms with Crippen molar-refractivity contribution >= 4 is 11.9 Å². The number of nitrogens with zero attached hydrogens (tertiary/aromatic N) is 2. The molecule has 1 amide bonds. The second kappa shape index (κ2) is 8.98. The zero-order valence-corrected chi connectivity index (χ0v) is 14.1. The monoisotopic (exact) mass is 365 g/mol. The van der Waals surface area contributed by atoms with Crippen molar-refractivity contribution in [2.24, 2.45) is 4.99 Å². The number of halogens is 3. The maximum atomic E-state index is 12.6. The van der Waals surface area contributed by atoms with E-state index in [1.807, 2.05) is 13.0 Å². The number of aliphatic imine (C=N–C) groups is 1. The van der Waals surface area contributed by atoms with Gasteiger partial charge in [-0.05, 0) is 42.3 Å². The van der Waals surface area contributed by atoms with Gasteiger partial charge in [0, 0.05) is 18.0 Å². The molecule has 0 unspecified atom stereocenters. The fourth-order valence-electron chi connectivity index (χ4n) is 1.95. The van der Waals surface area contributed by atoms with Crippen LogP contribution in [0.25, 0.3) is 0 Å². The lowest BCUT2D eigenvalue weighted by Crippen LogP contribution is -2.33. The molecule has 0 saturated heterocycles. The van der Waals surface area contributed by atoms with Crippen molar-refractivity contribution < 1.29 is 22.7 Å². The van der Waals surface area contributed by atoms with Crippen molar-refractivity contribution in [3.8, 4) is 0 Å². The number of hydrogen-bond acceptors (Lipinski definition) is 4. The Bertz CT molecular complexity index is 745. The van der Waals surface area contributed by atoms with Crippen LogP contribution in [-0.2, 0) is 17.5 Å². The number of amides is 1. The van der Waals surface area contributed by atoms with Gasteiger partial charge in [0.2, 0.25) is 0 Å². The lowest BCUT2D eigenvalue weighted by molar-refractivity contribution is -0.137. The molecule has 5 nitrogen and oxygen atoms in total. The van der Waals surface area contributed by atoms with Crippen LogP contribution in [0.15, 0.2) is 53.8 Å². The molecule has 0 radical (unpaired) electrons. The smallest absolute Gasteiger partial charge is 0.416 e. The van der Waals surface area contributed by atoms with Gasteiger partial charge in [0.1, 0.15) is 0 Å².